The van der Waals surface area contributed by atoms with Crippen molar-refractivity contribution < 1.29 is 17.9 Å². The van der Waals surface area contributed by atoms with Gasteiger partial charge in [-0.2, -0.15) is 0 Å². The number of benzene rings is 3. The number of carbonyl (C=O) groups excluding carboxylic acids is 1. The van der Waals surface area contributed by atoms with Gasteiger partial charge in [0.1, 0.15) is 12.3 Å². The molecule has 1 heterocycles. The van der Waals surface area contributed by atoms with Gasteiger partial charge in [0.15, 0.2) is 0 Å². The van der Waals surface area contributed by atoms with Gasteiger partial charge in [-0.15, -0.1) is 11.8 Å². The normalized spacial score (nSPS) is 13.9. The number of rotatable bonds is 9. The fourth-order valence-corrected chi connectivity index (χ4v) is 5.96. The minimum atomic E-state index is -3.97. The molecule has 3 aromatic carbocycles. The summed E-state index contributed by atoms with van der Waals surface area (Å²) in [6.45, 7) is 4.59. The Hall–Kier alpha value is -3.17. The van der Waals surface area contributed by atoms with Crippen LogP contribution in [0.3, 0.4) is 0 Å². The van der Waals surface area contributed by atoms with E-state index in [1.165, 1.54) is 16.1 Å². The van der Waals surface area contributed by atoms with Crippen molar-refractivity contribution in [2.24, 2.45) is 0 Å². The number of sulfonamides is 1. The summed E-state index contributed by atoms with van der Waals surface area (Å²) in [7, 11) is -3.97. The van der Waals surface area contributed by atoms with Crippen molar-refractivity contribution in [1.82, 2.24) is 4.90 Å². The summed E-state index contributed by atoms with van der Waals surface area (Å²) in [4.78, 5) is 18.4. The molecule has 7 nitrogen and oxygen atoms in total. The zero-order chi connectivity index (χ0) is 25.5. The van der Waals surface area contributed by atoms with E-state index in [1.807, 2.05) is 31.4 Å². The first kappa shape index (κ1) is 25.9. The van der Waals surface area contributed by atoms with Gasteiger partial charge < -0.3 is 14.5 Å². The van der Waals surface area contributed by atoms with E-state index in [0.29, 0.717) is 44.2 Å². The minimum Gasteiger partial charge on any atom is -0.494 e. The molecule has 1 aliphatic heterocycles. The summed E-state index contributed by atoms with van der Waals surface area (Å²) in [5.41, 5.74) is 1.54. The van der Waals surface area contributed by atoms with Crippen LogP contribution in [0.1, 0.15) is 6.92 Å². The summed E-state index contributed by atoms with van der Waals surface area (Å²) in [5, 5.41) is 0. The first-order valence-electron chi connectivity index (χ1n) is 11.9. The minimum absolute atomic E-state index is 0.149. The summed E-state index contributed by atoms with van der Waals surface area (Å²) < 4.78 is 34.1. The van der Waals surface area contributed by atoms with Crippen LogP contribution < -0.4 is 13.9 Å². The van der Waals surface area contributed by atoms with Gasteiger partial charge >= 0.3 is 0 Å². The number of amides is 1. The van der Waals surface area contributed by atoms with Crippen LogP contribution in [0.15, 0.2) is 88.7 Å². The molecule has 4 rings (SSSR count). The molecular formula is C27H31N3O4S2. The highest BCUT2D eigenvalue weighted by Gasteiger charge is 2.30. The molecule has 0 aromatic heterocycles. The molecule has 1 fully saturated rings. The lowest BCUT2D eigenvalue weighted by atomic mass is 10.2. The summed E-state index contributed by atoms with van der Waals surface area (Å²) in [6.07, 6.45) is 1.94. The number of thioether (sulfide) groups is 1. The lowest BCUT2D eigenvalue weighted by Gasteiger charge is -2.37. The molecule has 0 aliphatic carbocycles. The Kier molecular flexibility index (Phi) is 8.43. The summed E-state index contributed by atoms with van der Waals surface area (Å²) in [5.74, 6) is 0.423. The molecule has 0 N–H and O–H groups in total. The van der Waals surface area contributed by atoms with E-state index in [-0.39, 0.29) is 17.3 Å². The topological polar surface area (TPSA) is 70.2 Å². The molecule has 36 heavy (non-hydrogen) atoms. The Morgan fingerprint density at radius 2 is 1.56 bits per heavy atom. The van der Waals surface area contributed by atoms with Crippen molar-refractivity contribution >= 4 is 39.1 Å². The van der Waals surface area contributed by atoms with Crippen molar-refractivity contribution in [1.29, 1.82) is 0 Å². The van der Waals surface area contributed by atoms with E-state index in [0.717, 1.165) is 10.6 Å². The van der Waals surface area contributed by atoms with Crippen LogP contribution in [0, 0.1) is 0 Å². The molecular weight excluding hydrogens is 494 g/mol. The second-order valence-electron chi connectivity index (χ2n) is 8.32. The van der Waals surface area contributed by atoms with Gasteiger partial charge in [-0.25, -0.2) is 8.42 Å². The molecule has 0 atom stereocenters. The fraction of sp³-hybridized carbons (Fsp3) is 0.296. The third kappa shape index (κ3) is 5.96. The Balaban J connectivity index is 1.55. The molecule has 0 bridgehead atoms. The highest BCUT2D eigenvalue weighted by atomic mass is 32.2. The molecule has 0 saturated carbocycles. The van der Waals surface area contributed by atoms with Gasteiger partial charge in [-0.1, -0.05) is 18.2 Å². The molecule has 1 amide bonds. The Bertz CT molecular complexity index is 1240. The SMILES string of the molecule is CCOc1ccc(N(CC(=O)N2CCN(c3ccccc3)CC2)S(=O)(=O)c2ccc(SC)cc2)cc1. The van der Waals surface area contributed by atoms with Gasteiger partial charge in [0, 0.05) is 36.8 Å². The van der Waals surface area contributed by atoms with Crippen molar-refractivity contribution in [2.75, 3.05) is 54.8 Å². The van der Waals surface area contributed by atoms with Crippen molar-refractivity contribution in [3.8, 4) is 5.75 Å². The smallest absolute Gasteiger partial charge is 0.264 e. The third-order valence-corrected chi connectivity index (χ3v) is 8.65. The van der Waals surface area contributed by atoms with Gasteiger partial charge in [0.2, 0.25) is 5.91 Å². The first-order chi connectivity index (χ1) is 17.4. The fourth-order valence-electron chi connectivity index (χ4n) is 4.14. The van der Waals surface area contributed by atoms with E-state index in [9.17, 15) is 13.2 Å². The Labute approximate surface area is 217 Å². The van der Waals surface area contributed by atoms with Crippen molar-refractivity contribution in [2.45, 2.75) is 16.7 Å². The highest BCUT2D eigenvalue weighted by Crippen LogP contribution is 2.27. The predicted octanol–water partition coefficient (Wildman–Crippen LogP) is 4.35. The zero-order valence-electron chi connectivity index (χ0n) is 20.5. The molecule has 3 aromatic rings. The third-order valence-electron chi connectivity index (χ3n) is 6.12. The van der Waals surface area contributed by atoms with Gasteiger partial charge in [0.05, 0.1) is 17.2 Å². The largest absolute Gasteiger partial charge is 0.494 e. The number of carbonyl (C=O) groups is 1. The van der Waals surface area contributed by atoms with Crippen LogP contribution in [0.5, 0.6) is 5.75 Å². The molecule has 0 spiro atoms. The number of hydrogen-bond donors (Lipinski definition) is 0. The average Bonchev–Trinajstić information content (AvgIpc) is 2.93. The standard InChI is InChI=1S/C27H31N3O4S2/c1-3-34-24-11-9-23(10-12-24)30(36(32,33)26-15-13-25(35-2)14-16-26)21-27(31)29-19-17-28(18-20-29)22-7-5-4-6-8-22/h4-16H,3,17-21H2,1-2H3. The maximum Gasteiger partial charge on any atom is 0.264 e. The van der Waals surface area contributed by atoms with E-state index in [4.69, 9.17) is 4.74 Å². The van der Waals surface area contributed by atoms with Crippen LogP contribution in [-0.2, 0) is 14.8 Å². The number of nitrogens with zero attached hydrogens (tertiary/aromatic N) is 3. The second kappa shape index (κ2) is 11.7. The van der Waals surface area contributed by atoms with Crippen LogP contribution in [0.25, 0.3) is 0 Å². The molecule has 1 aliphatic rings. The number of anilines is 2. The van der Waals surface area contributed by atoms with Crippen LogP contribution in [-0.4, -0.2) is 64.8 Å². The van der Waals surface area contributed by atoms with E-state index >= 15 is 0 Å². The predicted molar refractivity (Wildman–Crippen MR) is 146 cm³/mol. The van der Waals surface area contributed by atoms with E-state index in [1.54, 1.807) is 53.4 Å². The first-order valence-corrected chi connectivity index (χ1v) is 14.6. The van der Waals surface area contributed by atoms with Gasteiger partial charge in [-0.05, 0) is 73.8 Å². The number of para-hydroxylation sites is 1. The summed E-state index contributed by atoms with van der Waals surface area (Å²) in [6, 6.07) is 23.6. The molecule has 0 radical (unpaired) electrons. The number of hydrogen-bond acceptors (Lipinski definition) is 6. The highest BCUT2D eigenvalue weighted by molar-refractivity contribution is 7.98. The average molecular weight is 526 g/mol. The van der Waals surface area contributed by atoms with E-state index < -0.39 is 10.0 Å². The Morgan fingerprint density at radius 3 is 2.14 bits per heavy atom. The van der Waals surface area contributed by atoms with Crippen molar-refractivity contribution in [3.05, 3.63) is 78.9 Å². The number of ether oxygens (including phenoxy) is 1. The molecule has 190 valence electrons. The Morgan fingerprint density at radius 1 is 0.917 bits per heavy atom. The van der Waals surface area contributed by atoms with Crippen molar-refractivity contribution in [3.63, 3.8) is 0 Å². The second-order valence-corrected chi connectivity index (χ2v) is 11.1. The van der Waals surface area contributed by atoms with Crippen LogP contribution >= 0.6 is 11.8 Å². The lowest BCUT2D eigenvalue weighted by Crippen LogP contribution is -2.52. The summed E-state index contributed by atoms with van der Waals surface area (Å²) >= 11 is 1.54. The van der Waals surface area contributed by atoms with Crippen LogP contribution in [0.4, 0.5) is 11.4 Å². The quantitative estimate of drug-likeness (QED) is 0.387. The van der Waals surface area contributed by atoms with E-state index in [2.05, 4.69) is 17.0 Å². The number of piperazine rings is 1. The van der Waals surface area contributed by atoms with Crippen LogP contribution in [0.2, 0.25) is 0 Å². The molecule has 9 heteroatoms. The molecule has 1 saturated heterocycles. The lowest BCUT2D eigenvalue weighted by molar-refractivity contribution is -0.129. The maximum atomic E-state index is 13.7. The molecule has 0 unspecified atom stereocenters. The van der Waals surface area contributed by atoms with Gasteiger partial charge in [-0.3, -0.25) is 9.10 Å². The maximum absolute atomic E-state index is 13.7. The monoisotopic (exact) mass is 525 g/mol. The zero-order valence-corrected chi connectivity index (χ0v) is 22.2. The van der Waals surface area contributed by atoms with Gasteiger partial charge in [0.25, 0.3) is 10.0 Å².